The first kappa shape index (κ1) is 24.9. The summed E-state index contributed by atoms with van der Waals surface area (Å²) in [6.07, 6.45) is -1.12. The van der Waals surface area contributed by atoms with Crippen LogP contribution in [0.4, 0.5) is 0 Å². The van der Waals surface area contributed by atoms with Crippen molar-refractivity contribution in [3.8, 4) is 23.3 Å². The Kier molecular flexibility index (Phi) is 9.00. The van der Waals surface area contributed by atoms with E-state index < -0.39 is 12.0 Å². The van der Waals surface area contributed by atoms with Crippen LogP contribution in [-0.2, 0) is 4.84 Å². The van der Waals surface area contributed by atoms with Crippen molar-refractivity contribution in [2.75, 3.05) is 40.0 Å². The first-order chi connectivity index (χ1) is 15.9. The van der Waals surface area contributed by atoms with Crippen LogP contribution in [0.1, 0.15) is 10.4 Å². The molecule has 0 bridgehead atoms. The molecule has 33 heavy (non-hydrogen) atoms. The lowest BCUT2D eigenvalue weighted by atomic mass is 10.1. The van der Waals surface area contributed by atoms with Gasteiger partial charge in [0.1, 0.15) is 48.7 Å². The molecule has 0 aliphatic carbocycles. The third-order valence-corrected chi connectivity index (χ3v) is 5.16. The summed E-state index contributed by atoms with van der Waals surface area (Å²) in [5.41, 5.74) is 0.174. The van der Waals surface area contributed by atoms with Crippen LogP contribution in [0.5, 0.6) is 17.2 Å². The van der Waals surface area contributed by atoms with E-state index in [0.717, 1.165) is 0 Å². The second kappa shape index (κ2) is 11.9. The van der Waals surface area contributed by atoms with E-state index in [-0.39, 0.29) is 47.9 Å². The van der Waals surface area contributed by atoms with E-state index in [4.69, 9.17) is 47.5 Å². The van der Waals surface area contributed by atoms with Crippen LogP contribution in [0, 0.1) is 11.3 Å². The van der Waals surface area contributed by atoms with Crippen LogP contribution in [0.3, 0.4) is 0 Å². The highest BCUT2D eigenvalue weighted by Gasteiger charge is 2.27. The molecule has 1 aliphatic heterocycles. The molecule has 0 spiro atoms. The number of carbonyl (C=O) groups excluding carboxylic acids is 1. The minimum atomic E-state index is -0.920. The normalized spacial score (nSPS) is 16.6. The fraction of sp³-hybridized carbons (Fsp3) is 0.364. The Labute approximate surface area is 201 Å². The van der Waals surface area contributed by atoms with Crippen LogP contribution in [0.25, 0.3) is 0 Å². The lowest BCUT2D eigenvalue weighted by Gasteiger charge is -2.20. The summed E-state index contributed by atoms with van der Waals surface area (Å²) < 4.78 is 16.8. The molecule has 1 fully saturated rings. The number of rotatable bonds is 10. The number of hydroxylamine groups is 2. The number of carbonyl (C=O) groups is 1. The molecule has 3 rings (SSSR count). The Balaban J connectivity index is 1.55. The molecule has 176 valence electrons. The quantitative estimate of drug-likeness (QED) is 0.517. The Hall–Kier alpha value is -2.74. The van der Waals surface area contributed by atoms with Crippen LogP contribution in [-0.4, -0.2) is 68.2 Å². The first-order valence-electron chi connectivity index (χ1n) is 10.1. The molecule has 11 heteroatoms. The van der Waals surface area contributed by atoms with E-state index in [1.165, 1.54) is 19.2 Å². The number of halogens is 2. The molecule has 0 unspecified atom stereocenters. The number of benzene rings is 2. The molecule has 2 atom stereocenters. The molecule has 1 aliphatic rings. The molecule has 0 aromatic heterocycles. The summed E-state index contributed by atoms with van der Waals surface area (Å²) in [5, 5.41) is 24.0. The van der Waals surface area contributed by atoms with Gasteiger partial charge < -0.3 is 24.6 Å². The smallest absolute Gasteiger partial charge is 0.254 e. The maximum absolute atomic E-state index is 12.2. The summed E-state index contributed by atoms with van der Waals surface area (Å²) in [7, 11) is 1.47. The Morgan fingerprint density at radius 2 is 2.06 bits per heavy atom. The van der Waals surface area contributed by atoms with Gasteiger partial charge in [0, 0.05) is 18.1 Å². The average molecular weight is 496 g/mol. The lowest BCUT2D eigenvalue weighted by molar-refractivity contribution is -0.131. The average Bonchev–Trinajstić information content (AvgIpc) is 3.24. The molecule has 0 saturated carbocycles. The third kappa shape index (κ3) is 7.12. The van der Waals surface area contributed by atoms with E-state index >= 15 is 0 Å². The number of nitriles is 1. The van der Waals surface area contributed by atoms with Gasteiger partial charge in [-0.15, -0.1) is 0 Å². The predicted octanol–water partition coefficient (Wildman–Crippen LogP) is 2.69. The van der Waals surface area contributed by atoms with Gasteiger partial charge in [-0.2, -0.15) is 10.3 Å². The van der Waals surface area contributed by atoms with E-state index in [9.17, 15) is 9.90 Å². The Morgan fingerprint density at radius 1 is 1.30 bits per heavy atom. The molecule has 1 saturated heterocycles. The third-order valence-electron chi connectivity index (χ3n) is 4.61. The first-order valence-corrected chi connectivity index (χ1v) is 10.8. The number of aliphatic hydroxyl groups is 1. The summed E-state index contributed by atoms with van der Waals surface area (Å²) >= 11 is 12.0. The fourth-order valence-corrected chi connectivity index (χ4v) is 3.43. The number of nitrogens with zero attached hydrogens (tertiary/aromatic N) is 2. The fourth-order valence-electron chi connectivity index (χ4n) is 3.09. The Bertz CT molecular complexity index is 999. The topological polar surface area (TPSA) is 113 Å². The van der Waals surface area contributed by atoms with Gasteiger partial charge in [0.25, 0.3) is 5.91 Å². The van der Waals surface area contributed by atoms with Gasteiger partial charge >= 0.3 is 0 Å². The van der Waals surface area contributed by atoms with Crippen molar-refractivity contribution in [2.45, 2.75) is 12.2 Å². The number of ether oxygens (including phenoxy) is 3. The van der Waals surface area contributed by atoms with Crippen molar-refractivity contribution in [2.24, 2.45) is 0 Å². The second-order valence-electron chi connectivity index (χ2n) is 7.11. The number of β-amino-alcohol motifs (C(OH)–C–C–N with tert-alkyl or cyclic N) is 1. The summed E-state index contributed by atoms with van der Waals surface area (Å²) in [6, 6.07) is 11.7. The zero-order valence-electron chi connectivity index (χ0n) is 17.8. The summed E-state index contributed by atoms with van der Waals surface area (Å²) in [6.45, 7) is 0.629. The largest absolute Gasteiger partial charge is 0.490 e. The van der Waals surface area contributed by atoms with Crippen molar-refractivity contribution < 1.29 is 28.9 Å². The Morgan fingerprint density at radius 3 is 2.76 bits per heavy atom. The van der Waals surface area contributed by atoms with Crippen LogP contribution in [0.15, 0.2) is 36.4 Å². The maximum Gasteiger partial charge on any atom is 0.254 e. The van der Waals surface area contributed by atoms with E-state index in [1.807, 2.05) is 6.07 Å². The molecule has 0 radical (unpaired) electrons. The van der Waals surface area contributed by atoms with Crippen molar-refractivity contribution in [1.82, 2.24) is 10.4 Å². The highest BCUT2D eigenvalue weighted by atomic mass is 35.5. The van der Waals surface area contributed by atoms with Gasteiger partial charge in [0.2, 0.25) is 0 Å². The van der Waals surface area contributed by atoms with Gasteiger partial charge in [-0.1, -0.05) is 23.2 Å². The van der Waals surface area contributed by atoms with E-state index in [1.54, 1.807) is 29.3 Å². The summed E-state index contributed by atoms with van der Waals surface area (Å²) in [4.78, 5) is 17.8. The molecular weight excluding hydrogens is 473 g/mol. The number of hydrogen-bond donors (Lipinski definition) is 2. The predicted molar refractivity (Wildman–Crippen MR) is 121 cm³/mol. The van der Waals surface area contributed by atoms with Crippen LogP contribution in [0.2, 0.25) is 10.0 Å². The van der Waals surface area contributed by atoms with Crippen molar-refractivity contribution in [3.05, 3.63) is 52.0 Å². The van der Waals surface area contributed by atoms with Gasteiger partial charge in [0.15, 0.2) is 6.61 Å². The van der Waals surface area contributed by atoms with Gasteiger partial charge in [-0.05, 0) is 30.3 Å². The number of hydrogen-bond acceptors (Lipinski definition) is 8. The van der Waals surface area contributed by atoms with Crippen LogP contribution < -0.4 is 19.5 Å². The highest BCUT2D eigenvalue weighted by Crippen LogP contribution is 2.33. The second-order valence-corrected chi connectivity index (χ2v) is 7.95. The minimum absolute atomic E-state index is 0.119. The number of nitrogens with one attached hydrogen (secondary N) is 1. The van der Waals surface area contributed by atoms with E-state index in [0.29, 0.717) is 23.9 Å². The monoisotopic (exact) mass is 495 g/mol. The molecule has 9 nitrogen and oxygen atoms in total. The minimum Gasteiger partial charge on any atom is -0.490 e. The SMILES string of the molecule is CNC(=O)c1cc(Cl)c(OCC#N)cc1OC[C@@H](O)CN1C[C@@H](Oc2ccc(Cl)cc2)CO1. The van der Waals surface area contributed by atoms with Crippen molar-refractivity contribution in [3.63, 3.8) is 0 Å². The van der Waals surface area contributed by atoms with Crippen molar-refractivity contribution in [1.29, 1.82) is 5.26 Å². The van der Waals surface area contributed by atoms with E-state index in [2.05, 4.69) is 5.32 Å². The molecule has 1 amide bonds. The molecule has 2 aromatic carbocycles. The van der Waals surface area contributed by atoms with Crippen molar-refractivity contribution >= 4 is 29.1 Å². The number of amides is 1. The highest BCUT2D eigenvalue weighted by molar-refractivity contribution is 6.32. The maximum atomic E-state index is 12.2. The van der Waals surface area contributed by atoms with Crippen LogP contribution >= 0.6 is 23.2 Å². The molecule has 2 aromatic rings. The lowest BCUT2D eigenvalue weighted by Crippen LogP contribution is -2.35. The zero-order valence-corrected chi connectivity index (χ0v) is 19.3. The zero-order chi connectivity index (χ0) is 23.8. The molecule has 2 N–H and O–H groups in total. The number of aliphatic hydroxyl groups excluding tert-OH is 1. The molecular formula is C22H23Cl2N3O6. The van der Waals surface area contributed by atoms with Gasteiger partial charge in [-0.25, -0.2) is 0 Å². The molecule has 1 heterocycles. The standard InChI is InChI=1S/C22H23Cl2N3O6/c1-26-22(29)18-8-19(24)21(30-7-6-25)9-20(18)31-12-15(28)10-27-11-17(13-32-27)33-16-4-2-14(23)3-5-16/h2-5,8-9,15,17,28H,7,10-13H2,1H3,(H,26,29)/t15-,17+/m0/s1. The van der Waals surface area contributed by atoms with Gasteiger partial charge in [-0.3, -0.25) is 9.63 Å². The van der Waals surface area contributed by atoms with Gasteiger partial charge in [0.05, 0.1) is 23.7 Å². The summed E-state index contributed by atoms with van der Waals surface area (Å²) in [5.74, 6) is 0.619.